The molecule has 0 aliphatic heterocycles. The van der Waals surface area contributed by atoms with Crippen molar-refractivity contribution in [2.45, 2.75) is 33.1 Å². The Balaban J connectivity index is 3.27. The zero-order chi connectivity index (χ0) is 17.8. The third-order valence-electron chi connectivity index (χ3n) is 3.69. The van der Waals surface area contributed by atoms with E-state index in [1.54, 1.807) is 0 Å². The van der Waals surface area contributed by atoms with E-state index in [4.69, 9.17) is 17.3 Å². The van der Waals surface area contributed by atoms with Crippen LogP contribution in [0.3, 0.4) is 0 Å². The molecule has 0 aromatic heterocycles. The number of hydrogen-bond donors (Lipinski definition) is 1. The van der Waals surface area contributed by atoms with Crippen molar-refractivity contribution >= 4 is 17.2 Å². The molecule has 0 saturated carbocycles. The van der Waals surface area contributed by atoms with Gasteiger partial charge in [-0.3, -0.25) is 0 Å². The molecule has 0 spiro atoms. The fourth-order valence-electron chi connectivity index (χ4n) is 1.93. The number of hydrogen-bond acceptors (Lipinski definition) is 1. The maximum absolute atomic E-state index is 13.9. The first kappa shape index (κ1) is 19.4. The highest BCUT2D eigenvalue weighted by atomic mass is 35.5. The number of rotatable bonds is 6. The highest BCUT2D eigenvalue weighted by Crippen LogP contribution is 2.35. The summed E-state index contributed by atoms with van der Waals surface area (Å²) in [4.78, 5) is 0. The summed E-state index contributed by atoms with van der Waals surface area (Å²) in [6.45, 7) is 8.36. The zero-order valence-corrected chi connectivity index (χ0v) is 14.2. The molecule has 0 bridgehead atoms. The number of allylic oxidation sites excluding steroid dienone is 5. The quantitative estimate of drug-likeness (QED) is 0.633. The van der Waals surface area contributed by atoms with Crippen molar-refractivity contribution in [3.05, 3.63) is 64.6 Å². The van der Waals surface area contributed by atoms with E-state index < -0.39 is 11.7 Å². The fraction of sp³-hybridized carbons (Fsp3) is 0.333. The summed E-state index contributed by atoms with van der Waals surface area (Å²) >= 11 is 5.71. The van der Waals surface area contributed by atoms with Gasteiger partial charge in [-0.25, -0.2) is 13.2 Å². The van der Waals surface area contributed by atoms with Crippen LogP contribution in [0.15, 0.2) is 48.2 Å². The molecule has 1 aromatic rings. The Morgan fingerprint density at radius 2 is 2.00 bits per heavy atom. The van der Waals surface area contributed by atoms with E-state index in [0.717, 1.165) is 19.4 Å². The Bertz CT molecular complexity index is 642. The molecule has 126 valence electrons. The van der Waals surface area contributed by atoms with E-state index >= 15 is 0 Å². The monoisotopic (exact) mass is 343 g/mol. The van der Waals surface area contributed by atoms with Gasteiger partial charge in [0, 0.05) is 18.2 Å². The first-order chi connectivity index (χ1) is 10.6. The lowest BCUT2D eigenvalue weighted by Gasteiger charge is -2.18. The van der Waals surface area contributed by atoms with Crippen LogP contribution in [0.5, 0.6) is 0 Å². The van der Waals surface area contributed by atoms with Gasteiger partial charge in [0.25, 0.3) is 5.92 Å². The van der Waals surface area contributed by atoms with Crippen molar-refractivity contribution in [1.29, 1.82) is 0 Å². The minimum absolute atomic E-state index is 0.0765. The second-order valence-corrected chi connectivity index (χ2v) is 5.96. The van der Waals surface area contributed by atoms with Crippen molar-refractivity contribution in [2.24, 2.45) is 11.7 Å². The molecule has 5 heteroatoms. The minimum atomic E-state index is -3.12. The average Bonchev–Trinajstić information content (AvgIpc) is 2.47. The molecule has 23 heavy (non-hydrogen) atoms. The predicted octanol–water partition coefficient (Wildman–Crippen LogP) is 5.96. The molecule has 1 nitrogen and oxygen atoms in total. The van der Waals surface area contributed by atoms with Crippen LogP contribution >= 0.6 is 11.6 Å². The summed E-state index contributed by atoms with van der Waals surface area (Å²) in [5.74, 6) is -3.64. The Kier molecular flexibility index (Phi) is 6.51. The summed E-state index contributed by atoms with van der Waals surface area (Å²) in [6.07, 6.45) is 3.54. The van der Waals surface area contributed by atoms with Crippen molar-refractivity contribution in [1.82, 2.24) is 0 Å². The SMILES string of the molecule is C=C(/C(=C\C=C(\N)C(C)CC)C(C)(F)F)c1ccc(F)c(Cl)c1. The van der Waals surface area contributed by atoms with Crippen molar-refractivity contribution in [2.75, 3.05) is 0 Å². The first-order valence-electron chi connectivity index (χ1n) is 7.28. The third kappa shape index (κ3) is 5.17. The average molecular weight is 344 g/mol. The molecule has 1 atom stereocenters. The van der Waals surface area contributed by atoms with Gasteiger partial charge in [0.15, 0.2) is 0 Å². The Morgan fingerprint density at radius 3 is 2.48 bits per heavy atom. The van der Waals surface area contributed by atoms with Gasteiger partial charge in [-0.05, 0) is 41.7 Å². The van der Waals surface area contributed by atoms with Gasteiger partial charge in [0.2, 0.25) is 0 Å². The predicted molar refractivity (Wildman–Crippen MR) is 90.9 cm³/mol. The second kappa shape index (κ2) is 7.73. The lowest BCUT2D eigenvalue weighted by atomic mass is 9.94. The highest BCUT2D eigenvalue weighted by Gasteiger charge is 2.29. The van der Waals surface area contributed by atoms with Gasteiger partial charge in [-0.15, -0.1) is 0 Å². The van der Waals surface area contributed by atoms with Gasteiger partial charge < -0.3 is 5.73 Å². The summed E-state index contributed by atoms with van der Waals surface area (Å²) in [6, 6.07) is 3.77. The van der Waals surface area contributed by atoms with Crippen LogP contribution in [0.4, 0.5) is 13.2 Å². The summed E-state index contributed by atoms with van der Waals surface area (Å²) in [5.41, 5.74) is 6.51. The number of benzene rings is 1. The maximum atomic E-state index is 13.9. The van der Waals surface area contributed by atoms with Crippen molar-refractivity contribution in [3.8, 4) is 0 Å². The summed E-state index contributed by atoms with van der Waals surface area (Å²) in [7, 11) is 0. The number of alkyl halides is 2. The molecule has 0 radical (unpaired) electrons. The number of nitrogens with two attached hydrogens (primary N) is 1. The molecule has 0 saturated heterocycles. The maximum Gasteiger partial charge on any atom is 0.271 e. The van der Waals surface area contributed by atoms with Gasteiger partial charge in [0.05, 0.1) is 5.02 Å². The van der Waals surface area contributed by atoms with E-state index in [1.807, 2.05) is 13.8 Å². The largest absolute Gasteiger partial charge is 0.402 e. The van der Waals surface area contributed by atoms with Crippen LogP contribution in [0.1, 0.15) is 32.8 Å². The lowest BCUT2D eigenvalue weighted by Crippen LogP contribution is -2.15. The number of halogens is 4. The van der Waals surface area contributed by atoms with Crippen LogP contribution in [-0.2, 0) is 0 Å². The van der Waals surface area contributed by atoms with Crippen LogP contribution in [0.2, 0.25) is 5.02 Å². The molecule has 0 heterocycles. The smallest absolute Gasteiger partial charge is 0.271 e. The molecular weight excluding hydrogens is 323 g/mol. The molecule has 0 fully saturated rings. The van der Waals surface area contributed by atoms with Crippen LogP contribution < -0.4 is 5.73 Å². The molecule has 1 rings (SSSR count). The molecule has 1 aromatic carbocycles. The molecule has 0 amide bonds. The van der Waals surface area contributed by atoms with E-state index in [0.29, 0.717) is 11.3 Å². The normalized spacial score (nSPS) is 14.7. The zero-order valence-electron chi connectivity index (χ0n) is 13.5. The van der Waals surface area contributed by atoms with E-state index in [1.165, 1.54) is 24.3 Å². The lowest BCUT2D eigenvalue weighted by molar-refractivity contribution is 0.0689. The van der Waals surface area contributed by atoms with Crippen molar-refractivity contribution < 1.29 is 13.2 Å². The summed E-state index contributed by atoms with van der Waals surface area (Å²) in [5, 5.41) is -0.142. The molecule has 2 N–H and O–H groups in total. The van der Waals surface area contributed by atoms with E-state index in [2.05, 4.69) is 6.58 Å². The van der Waals surface area contributed by atoms with Crippen LogP contribution in [-0.4, -0.2) is 5.92 Å². The Morgan fingerprint density at radius 1 is 1.39 bits per heavy atom. The minimum Gasteiger partial charge on any atom is -0.402 e. The Labute approximate surface area is 140 Å². The van der Waals surface area contributed by atoms with Crippen LogP contribution in [0, 0.1) is 11.7 Å². The Hall–Kier alpha value is -1.68. The van der Waals surface area contributed by atoms with Gasteiger partial charge >= 0.3 is 0 Å². The van der Waals surface area contributed by atoms with Gasteiger partial charge in [0.1, 0.15) is 5.82 Å². The van der Waals surface area contributed by atoms with Crippen molar-refractivity contribution in [3.63, 3.8) is 0 Å². The topological polar surface area (TPSA) is 26.0 Å². The third-order valence-corrected chi connectivity index (χ3v) is 3.98. The molecule has 1 unspecified atom stereocenters. The summed E-state index contributed by atoms with van der Waals surface area (Å²) < 4.78 is 41.1. The fourth-order valence-corrected chi connectivity index (χ4v) is 2.11. The van der Waals surface area contributed by atoms with Gasteiger partial charge in [-0.1, -0.05) is 44.2 Å². The highest BCUT2D eigenvalue weighted by molar-refractivity contribution is 6.30. The van der Waals surface area contributed by atoms with E-state index in [-0.39, 0.29) is 22.1 Å². The van der Waals surface area contributed by atoms with Gasteiger partial charge in [-0.2, -0.15) is 0 Å². The standard InChI is InChI=1S/C18H21ClF3N/c1-5-11(2)17(23)9-7-14(18(4,21)22)12(3)13-6-8-16(20)15(19)10-13/h6-11H,3,5,23H2,1-2,4H3/b14-7+,17-9+. The molecule has 0 aliphatic rings. The van der Waals surface area contributed by atoms with E-state index in [9.17, 15) is 13.2 Å². The second-order valence-electron chi connectivity index (χ2n) is 5.55. The first-order valence-corrected chi connectivity index (χ1v) is 7.66. The molecule has 0 aliphatic carbocycles. The van der Waals surface area contributed by atoms with Crippen LogP contribution in [0.25, 0.3) is 5.57 Å². The molecular formula is C18H21ClF3N.